The van der Waals surface area contributed by atoms with E-state index in [0.717, 1.165) is 5.56 Å². The summed E-state index contributed by atoms with van der Waals surface area (Å²) in [4.78, 5) is 4.23. The maximum Gasteiger partial charge on any atom is 0.293 e. The van der Waals surface area contributed by atoms with Crippen molar-refractivity contribution in [2.75, 3.05) is 20.3 Å². The summed E-state index contributed by atoms with van der Waals surface area (Å²) in [6.07, 6.45) is 0. The first-order valence-electron chi connectivity index (χ1n) is 7.22. The summed E-state index contributed by atoms with van der Waals surface area (Å²) in [5.41, 5.74) is 4.39. The van der Waals surface area contributed by atoms with E-state index in [-0.39, 0.29) is 5.84 Å². The minimum Gasteiger partial charge on any atom is -0.497 e. The van der Waals surface area contributed by atoms with Crippen LogP contribution in [-0.2, 0) is 9.47 Å². The third kappa shape index (κ3) is 1.29. The van der Waals surface area contributed by atoms with Crippen molar-refractivity contribution in [2.24, 2.45) is 21.6 Å². The van der Waals surface area contributed by atoms with Gasteiger partial charge >= 0.3 is 0 Å². The smallest absolute Gasteiger partial charge is 0.293 e. The minimum absolute atomic E-state index is 0.101. The van der Waals surface area contributed by atoms with Gasteiger partial charge in [0.2, 0.25) is 0 Å². The highest BCUT2D eigenvalue weighted by atomic mass is 16.8. The fourth-order valence-electron chi connectivity index (χ4n) is 4.01. The highest BCUT2D eigenvalue weighted by Crippen LogP contribution is 2.82. The zero-order valence-electron chi connectivity index (χ0n) is 12.4. The molecule has 2 fully saturated rings. The number of methoxy groups -OCH3 is 1. The Morgan fingerprint density at radius 3 is 2.39 bits per heavy atom. The summed E-state index contributed by atoms with van der Waals surface area (Å²) >= 11 is 0. The Bertz CT molecular complexity index is 785. The first-order valence-corrected chi connectivity index (χ1v) is 7.22. The molecule has 0 amide bonds. The second-order valence-electron chi connectivity index (χ2n) is 5.82. The molecular weight excluding hydrogens is 296 g/mol. The van der Waals surface area contributed by atoms with E-state index in [2.05, 4.69) is 17.1 Å². The molecule has 3 aliphatic rings. The fourth-order valence-corrected chi connectivity index (χ4v) is 4.01. The zero-order chi connectivity index (χ0) is 16.3. The van der Waals surface area contributed by atoms with Crippen LogP contribution in [0.4, 0.5) is 0 Å². The first kappa shape index (κ1) is 14.0. The van der Waals surface area contributed by atoms with Crippen LogP contribution in [-0.4, -0.2) is 32.1 Å². The molecule has 0 radical (unpaired) electrons. The number of fused-ring (bicyclic) bond motifs is 2. The molecule has 3 atom stereocenters. The molecule has 23 heavy (non-hydrogen) atoms. The van der Waals surface area contributed by atoms with Crippen LogP contribution in [0.5, 0.6) is 5.75 Å². The van der Waals surface area contributed by atoms with Crippen molar-refractivity contribution in [2.45, 2.75) is 11.8 Å². The van der Waals surface area contributed by atoms with Crippen LogP contribution in [0.15, 0.2) is 29.3 Å². The van der Waals surface area contributed by atoms with Gasteiger partial charge in [-0.1, -0.05) is 12.1 Å². The van der Waals surface area contributed by atoms with E-state index < -0.39 is 22.7 Å². The average Bonchev–Trinajstić information content (AvgIpc) is 2.83. The number of nitrogens with two attached hydrogens (primary N) is 1. The number of ether oxygens (including phenoxy) is 3. The van der Waals surface area contributed by atoms with Crippen LogP contribution in [0.25, 0.3) is 0 Å². The van der Waals surface area contributed by atoms with E-state index in [1.807, 2.05) is 12.1 Å². The SMILES string of the molecule is COc1ccc([C@H]2[C@]3(C#N)C(N)=NC4(OCCO4)[C@]23C#N)cc1. The molecule has 0 unspecified atom stereocenters. The molecule has 1 aliphatic carbocycles. The van der Waals surface area contributed by atoms with E-state index >= 15 is 0 Å². The normalized spacial score (nSPS) is 36.0. The van der Waals surface area contributed by atoms with Crippen LogP contribution < -0.4 is 10.5 Å². The van der Waals surface area contributed by atoms with Gasteiger partial charge in [-0.3, -0.25) is 0 Å². The quantitative estimate of drug-likeness (QED) is 0.867. The Kier molecular flexibility index (Phi) is 2.57. The molecule has 0 aromatic heterocycles. The van der Waals surface area contributed by atoms with Crippen LogP contribution >= 0.6 is 0 Å². The molecule has 7 nitrogen and oxygen atoms in total. The minimum atomic E-state index is -1.48. The predicted octanol–water partition coefficient (Wildman–Crippen LogP) is 0.884. The van der Waals surface area contributed by atoms with Crippen LogP contribution in [0.2, 0.25) is 0 Å². The summed E-state index contributed by atoms with van der Waals surface area (Å²) in [6.45, 7) is 0.633. The fraction of sp³-hybridized carbons (Fsp3) is 0.438. The van der Waals surface area contributed by atoms with Gasteiger partial charge in [-0.15, -0.1) is 0 Å². The Hall–Kier alpha value is -2.61. The molecule has 1 aromatic carbocycles. The molecule has 4 rings (SSSR count). The van der Waals surface area contributed by atoms with Crippen LogP contribution in [0.1, 0.15) is 11.5 Å². The summed E-state index contributed by atoms with van der Waals surface area (Å²) in [6, 6.07) is 11.7. The lowest BCUT2D eigenvalue weighted by Crippen LogP contribution is -2.38. The highest BCUT2D eigenvalue weighted by Gasteiger charge is 2.94. The second-order valence-corrected chi connectivity index (χ2v) is 5.82. The van der Waals surface area contributed by atoms with Crippen molar-refractivity contribution in [3.8, 4) is 17.9 Å². The van der Waals surface area contributed by atoms with Crippen molar-refractivity contribution < 1.29 is 14.2 Å². The lowest BCUT2D eigenvalue weighted by Gasteiger charge is -2.25. The van der Waals surface area contributed by atoms with Gasteiger partial charge in [0.05, 0.1) is 32.5 Å². The number of amidine groups is 1. The Morgan fingerprint density at radius 2 is 1.87 bits per heavy atom. The number of benzene rings is 1. The van der Waals surface area contributed by atoms with E-state index in [9.17, 15) is 10.5 Å². The largest absolute Gasteiger partial charge is 0.497 e. The second kappa shape index (κ2) is 4.23. The molecule has 2 aliphatic heterocycles. The van der Waals surface area contributed by atoms with Gasteiger partial charge in [0.15, 0.2) is 5.41 Å². The molecule has 1 saturated heterocycles. The standard InChI is InChI=1S/C16H14N4O3/c1-21-11-4-2-10(3-5-11)12-14(8-17)13(19)20-16(15(12,14)9-18)22-6-7-23-16/h2-5,12H,6-7H2,1H3,(H2,19,20)/t12-,14+,15+/m0/s1. The van der Waals surface area contributed by atoms with Crippen LogP contribution in [0.3, 0.4) is 0 Å². The number of nitrogens with zero attached hydrogens (tertiary/aromatic N) is 3. The predicted molar refractivity (Wildman–Crippen MR) is 78.1 cm³/mol. The Balaban J connectivity index is 1.87. The summed E-state index contributed by atoms with van der Waals surface area (Å²) in [7, 11) is 1.58. The third-order valence-electron chi connectivity index (χ3n) is 5.06. The van der Waals surface area contributed by atoms with E-state index in [0.29, 0.717) is 19.0 Å². The van der Waals surface area contributed by atoms with Gasteiger partial charge in [-0.2, -0.15) is 10.5 Å². The maximum atomic E-state index is 9.92. The molecule has 2 N–H and O–H groups in total. The molecule has 1 aromatic rings. The van der Waals surface area contributed by atoms with Gasteiger partial charge in [0.1, 0.15) is 17.0 Å². The Labute approximate surface area is 132 Å². The van der Waals surface area contributed by atoms with Gasteiger partial charge in [-0.25, -0.2) is 4.99 Å². The first-order chi connectivity index (χ1) is 11.1. The van der Waals surface area contributed by atoms with Crippen molar-refractivity contribution in [3.63, 3.8) is 0 Å². The summed E-state index contributed by atoms with van der Waals surface area (Å²) in [5, 5.41) is 19.7. The number of hydrogen-bond donors (Lipinski definition) is 1. The van der Waals surface area contributed by atoms with Gasteiger partial charge in [0.25, 0.3) is 5.91 Å². The molecule has 1 spiro atoms. The van der Waals surface area contributed by atoms with Gasteiger partial charge in [-0.05, 0) is 17.7 Å². The third-order valence-corrected chi connectivity index (χ3v) is 5.06. The highest BCUT2D eigenvalue weighted by molar-refractivity contribution is 6.00. The monoisotopic (exact) mass is 310 g/mol. The molecule has 116 valence electrons. The number of hydrogen-bond acceptors (Lipinski definition) is 7. The lowest BCUT2D eigenvalue weighted by molar-refractivity contribution is -0.184. The Morgan fingerprint density at radius 1 is 1.22 bits per heavy atom. The molecule has 7 heteroatoms. The zero-order valence-corrected chi connectivity index (χ0v) is 12.4. The average molecular weight is 310 g/mol. The summed E-state index contributed by atoms with van der Waals surface area (Å²) < 4.78 is 16.5. The molecule has 2 heterocycles. The van der Waals surface area contributed by atoms with E-state index in [1.54, 1.807) is 19.2 Å². The van der Waals surface area contributed by atoms with Gasteiger partial charge < -0.3 is 19.9 Å². The topological polar surface area (TPSA) is 114 Å². The van der Waals surface area contributed by atoms with Gasteiger partial charge in [0, 0.05) is 5.92 Å². The van der Waals surface area contributed by atoms with Crippen molar-refractivity contribution in [1.82, 2.24) is 0 Å². The molecule has 0 bridgehead atoms. The number of nitriles is 2. The molecule has 1 saturated carbocycles. The number of aliphatic imine (C=N–C) groups is 1. The molecular formula is C16H14N4O3. The van der Waals surface area contributed by atoms with Crippen molar-refractivity contribution in [3.05, 3.63) is 29.8 Å². The maximum absolute atomic E-state index is 9.92. The van der Waals surface area contributed by atoms with Crippen molar-refractivity contribution in [1.29, 1.82) is 10.5 Å². The van der Waals surface area contributed by atoms with E-state index in [1.165, 1.54) is 0 Å². The van der Waals surface area contributed by atoms with Crippen LogP contribution in [0, 0.1) is 33.5 Å². The summed E-state index contributed by atoms with van der Waals surface area (Å²) in [5.74, 6) is -1.14. The number of rotatable bonds is 2. The van der Waals surface area contributed by atoms with E-state index in [4.69, 9.17) is 19.9 Å². The lowest BCUT2D eigenvalue weighted by atomic mass is 9.94. The van der Waals surface area contributed by atoms with Crippen molar-refractivity contribution >= 4 is 5.84 Å².